The summed E-state index contributed by atoms with van der Waals surface area (Å²) < 4.78 is 1.61. The minimum atomic E-state index is -0.314. The van der Waals surface area contributed by atoms with Crippen LogP contribution in [0.2, 0.25) is 0 Å². The normalized spacial score (nSPS) is 25.6. The van der Waals surface area contributed by atoms with Crippen molar-refractivity contribution in [1.82, 2.24) is 9.55 Å². The van der Waals surface area contributed by atoms with Crippen LogP contribution in [0.15, 0.2) is 17.1 Å². The minimum Gasteiger partial charge on any atom is -0.396 e. The molecule has 5 heteroatoms. The van der Waals surface area contributed by atoms with E-state index in [1.165, 1.54) is 0 Å². The van der Waals surface area contributed by atoms with Crippen LogP contribution in [-0.4, -0.2) is 21.3 Å². The van der Waals surface area contributed by atoms with Crippen LogP contribution in [0.25, 0.3) is 0 Å². The zero-order valence-corrected chi connectivity index (χ0v) is 9.17. The molecular formula is C11H17N3O2. The Morgan fingerprint density at radius 3 is 2.94 bits per heavy atom. The summed E-state index contributed by atoms with van der Waals surface area (Å²) in [5, 5.41) is 9.31. The number of hydrogen-bond acceptors (Lipinski definition) is 4. The van der Waals surface area contributed by atoms with E-state index in [0.717, 1.165) is 25.7 Å². The molecule has 0 amide bonds. The van der Waals surface area contributed by atoms with Gasteiger partial charge in [0.15, 0.2) is 0 Å². The van der Waals surface area contributed by atoms with Gasteiger partial charge in [0.1, 0.15) is 5.82 Å². The number of nitrogens with zero attached hydrogens (tertiary/aromatic N) is 2. The van der Waals surface area contributed by atoms with E-state index in [1.807, 2.05) is 0 Å². The fourth-order valence-corrected chi connectivity index (χ4v) is 2.45. The van der Waals surface area contributed by atoms with E-state index in [0.29, 0.717) is 0 Å². The Balaban J connectivity index is 2.31. The lowest BCUT2D eigenvalue weighted by Crippen LogP contribution is -2.34. The van der Waals surface area contributed by atoms with Gasteiger partial charge in [0.25, 0.3) is 0 Å². The fraction of sp³-hybridized carbons (Fsp3) is 0.636. The first-order valence-electron chi connectivity index (χ1n) is 5.68. The third-order valence-electron chi connectivity index (χ3n) is 3.31. The summed E-state index contributed by atoms with van der Waals surface area (Å²) in [7, 11) is 0. The molecule has 0 aromatic carbocycles. The molecule has 1 saturated carbocycles. The number of aliphatic hydroxyl groups excluding tert-OH is 1. The molecule has 0 spiro atoms. The maximum absolute atomic E-state index is 11.7. The summed E-state index contributed by atoms with van der Waals surface area (Å²) in [6.45, 7) is 0.126. The molecule has 1 aliphatic carbocycles. The van der Waals surface area contributed by atoms with Crippen molar-refractivity contribution in [3.8, 4) is 0 Å². The summed E-state index contributed by atoms with van der Waals surface area (Å²) in [6.07, 6.45) is 5.80. The van der Waals surface area contributed by atoms with Crippen LogP contribution in [0.3, 0.4) is 0 Å². The first kappa shape index (κ1) is 11.1. The van der Waals surface area contributed by atoms with Crippen molar-refractivity contribution < 1.29 is 5.11 Å². The van der Waals surface area contributed by atoms with Gasteiger partial charge in [0.2, 0.25) is 0 Å². The molecule has 16 heavy (non-hydrogen) atoms. The first-order valence-corrected chi connectivity index (χ1v) is 5.68. The predicted molar refractivity (Wildman–Crippen MR) is 61.0 cm³/mol. The number of aromatic nitrogens is 2. The van der Waals surface area contributed by atoms with Crippen molar-refractivity contribution in [2.75, 3.05) is 12.3 Å². The lowest BCUT2D eigenvalue weighted by molar-refractivity contribution is 0.136. The number of rotatable bonds is 2. The molecule has 0 saturated heterocycles. The Morgan fingerprint density at radius 1 is 1.50 bits per heavy atom. The highest BCUT2D eigenvalue weighted by Crippen LogP contribution is 2.32. The summed E-state index contributed by atoms with van der Waals surface area (Å²) in [4.78, 5) is 15.4. The maximum Gasteiger partial charge on any atom is 0.349 e. The van der Waals surface area contributed by atoms with E-state index in [2.05, 4.69) is 4.98 Å². The zero-order valence-electron chi connectivity index (χ0n) is 9.17. The number of anilines is 1. The van der Waals surface area contributed by atoms with Crippen LogP contribution in [0.4, 0.5) is 5.82 Å². The van der Waals surface area contributed by atoms with Crippen LogP contribution in [-0.2, 0) is 0 Å². The van der Waals surface area contributed by atoms with Gasteiger partial charge in [-0.05, 0) is 18.9 Å². The number of aliphatic hydroxyl groups is 1. The van der Waals surface area contributed by atoms with Crippen LogP contribution in [0.5, 0.6) is 0 Å². The summed E-state index contributed by atoms with van der Waals surface area (Å²) in [5.41, 5.74) is 5.14. The van der Waals surface area contributed by atoms with Gasteiger partial charge in [-0.2, -0.15) is 4.98 Å². The minimum absolute atomic E-state index is 0.0688. The van der Waals surface area contributed by atoms with Gasteiger partial charge in [0, 0.05) is 24.8 Å². The number of nitrogens with two attached hydrogens (primary N) is 1. The van der Waals surface area contributed by atoms with Crippen LogP contribution in [0, 0.1) is 5.92 Å². The molecule has 0 aliphatic heterocycles. The van der Waals surface area contributed by atoms with Gasteiger partial charge < -0.3 is 10.8 Å². The van der Waals surface area contributed by atoms with E-state index in [4.69, 9.17) is 5.73 Å². The number of nitrogen functional groups attached to an aromatic ring is 1. The standard InChI is InChI=1S/C11H17N3O2/c12-10-5-6-14(11(16)13-10)9-4-2-1-3-8(9)7-15/h5-6,8-9,15H,1-4,7H2,(H2,12,13,16)/t8-,9-/m0/s1. The predicted octanol–water partition coefficient (Wildman–Crippen LogP) is 0.549. The molecule has 1 aromatic rings. The van der Waals surface area contributed by atoms with Gasteiger partial charge in [0.05, 0.1) is 0 Å². The molecule has 0 radical (unpaired) electrons. The molecule has 0 bridgehead atoms. The Bertz CT molecular complexity index is 416. The van der Waals surface area contributed by atoms with Crippen molar-refractivity contribution >= 4 is 5.82 Å². The Hall–Kier alpha value is -1.36. The third kappa shape index (κ3) is 2.09. The molecule has 2 atom stereocenters. The summed E-state index contributed by atoms with van der Waals surface area (Å²) in [5.74, 6) is 0.412. The maximum atomic E-state index is 11.7. The lowest BCUT2D eigenvalue weighted by Gasteiger charge is -2.31. The first-order chi connectivity index (χ1) is 7.72. The van der Waals surface area contributed by atoms with Crippen LogP contribution < -0.4 is 11.4 Å². The van der Waals surface area contributed by atoms with Crippen molar-refractivity contribution in [2.24, 2.45) is 5.92 Å². The monoisotopic (exact) mass is 223 g/mol. The molecule has 1 aromatic heterocycles. The SMILES string of the molecule is Nc1ccn([C@H]2CCCC[C@H]2CO)c(=O)n1. The largest absolute Gasteiger partial charge is 0.396 e. The van der Waals surface area contributed by atoms with Gasteiger partial charge in [-0.15, -0.1) is 0 Å². The lowest BCUT2D eigenvalue weighted by atomic mass is 9.85. The highest BCUT2D eigenvalue weighted by molar-refractivity contribution is 5.23. The quantitative estimate of drug-likeness (QED) is 0.767. The van der Waals surface area contributed by atoms with Gasteiger partial charge in [-0.25, -0.2) is 4.79 Å². The van der Waals surface area contributed by atoms with E-state index >= 15 is 0 Å². The molecule has 5 nitrogen and oxygen atoms in total. The number of hydrogen-bond donors (Lipinski definition) is 2. The molecule has 1 aliphatic rings. The molecule has 3 N–H and O–H groups in total. The Morgan fingerprint density at radius 2 is 2.25 bits per heavy atom. The van der Waals surface area contributed by atoms with E-state index < -0.39 is 0 Å². The molecule has 2 rings (SSSR count). The van der Waals surface area contributed by atoms with Crippen molar-refractivity contribution in [1.29, 1.82) is 0 Å². The van der Waals surface area contributed by atoms with Crippen molar-refractivity contribution in [3.63, 3.8) is 0 Å². The molecule has 1 fully saturated rings. The van der Waals surface area contributed by atoms with Gasteiger partial charge in [-0.1, -0.05) is 12.8 Å². The fourth-order valence-electron chi connectivity index (χ4n) is 2.45. The summed E-state index contributed by atoms with van der Waals surface area (Å²) in [6, 6.07) is 1.70. The topological polar surface area (TPSA) is 81.1 Å². The second-order valence-electron chi connectivity index (χ2n) is 4.34. The molecule has 0 unspecified atom stereocenters. The Kier molecular flexibility index (Phi) is 3.24. The second kappa shape index (κ2) is 4.65. The van der Waals surface area contributed by atoms with E-state index in [1.54, 1.807) is 16.8 Å². The molecular weight excluding hydrogens is 206 g/mol. The van der Waals surface area contributed by atoms with Crippen molar-refractivity contribution in [3.05, 3.63) is 22.7 Å². The highest BCUT2D eigenvalue weighted by Gasteiger charge is 2.26. The average molecular weight is 223 g/mol. The Labute approximate surface area is 93.9 Å². The van der Waals surface area contributed by atoms with Crippen LogP contribution in [0.1, 0.15) is 31.7 Å². The van der Waals surface area contributed by atoms with Gasteiger partial charge >= 0.3 is 5.69 Å². The van der Waals surface area contributed by atoms with Gasteiger partial charge in [-0.3, -0.25) is 4.57 Å². The average Bonchev–Trinajstić information content (AvgIpc) is 2.29. The third-order valence-corrected chi connectivity index (χ3v) is 3.31. The van der Waals surface area contributed by atoms with Crippen molar-refractivity contribution in [2.45, 2.75) is 31.7 Å². The summed E-state index contributed by atoms with van der Waals surface area (Å²) >= 11 is 0. The van der Waals surface area contributed by atoms with Crippen LogP contribution >= 0.6 is 0 Å². The zero-order chi connectivity index (χ0) is 11.5. The smallest absolute Gasteiger partial charge is 0.349 e. The molecule has 1 heterocycles. The van der Waals surface area contributed by atoms with E-state index in [9.17, 15) is 9.90 Å². The van der Waals surface area contributed by atoms with E-state index in [-0.39, 0.29) is 30.1 Å². The second-order valence-corrected chi connectivity index (χ2v) is 4.34. The molecule has 88 valence electrons. The highest BCUT2D eigenvalue weighted by atomic mass is 16.3.